The molecule has 0 saturated heterocycles. The first kappa shape index (κ1) is 12.4. The van der Waals surface area contributed by atoms with Crippen molar-refractivity contribution in [3.05, 3.63) is 65.8 Å². The average Bonchev–Trinajstić information content (AvgIpc) is 2.82. The van der Waals surface area contributed by atoms with Gasteiger partial charge in [0.2, 0.25) is 0 Å². The van der Waals surface area contributed by atoms with E-state index in [4.69, 9.17) is 11.6 Å². The van der Waals surface area contributed by atoms with Crippen LogP contribution >= 0.6 is 11.6 Å². The number of halogens is 1. The summed E-state index contributed by atoms with van der Waals surface area (Å²) in [6.45, 7) is 0. The maximum absolute atomic E-state index is 6.36. The smallest absolute Gasteiger partial charge is 0.0960 e. The molecule has 3 heteroatoms. The Morgan fingerprint density at radius 1 is 0.905 bits per heavy atom. The highest BCUT2D eigenvalue weighted by molar-refractivity contribution is 6.33. The lowest BCUT2D eigenvalue weighted by Gasteiger charge is -2.07. The van der Waals surface area contributed by atoms with Crippen LogP contribution in [-0.4, -0.2) is 9.55 Å². The van der Waals surface area contributed by atoms with E-state index in [0.717, 1.165) is 21.8 Å². The van der Waals surface area contributed by atoms with Crippen molar-refractivity contribution in [2.75, 3.05) is 0 Å². The highest BCUT2D eigenvalue weighted by Crippen LogP contribution is 2.36. The van der Waals surface area contributed by atoms with Gasteiger partial charge in [-0.2, -0.15) is 0 Å². The number of para-hydroxylation sites is 1. The molecule has 0 fully saturated rings. The summed E-state index contributed by atoms with van der Waals surface area (Å²) in [5.41, 5.74) is 4.22. The maximum Gasteiger partial charge on any atom is 0.0960 e. The van der Waals surface area contributed by atoms with Crippen LogP contribution in [0.2, 0.25) is 5.02 Å². The molecule has 4 rings (SSSR count). The van der Waals surface area contributed by atoms with Crippen molar-refractivity contribution < 1.29 is 0 Å². The molecule has 21 heavy (non-hydrogen) atoms. The molecule has 2 aromatic carbocycles. The van der Waals surface area contributed by atoms with Crippen LogP contribution in [0.1, 0.15) is 0 Å². The normalized spacial score (nSPS) is 11.3. The van der Waals surface area contributed by atoms with E-state index in [1.807, 2.05) is 30.5 Å². The predicted octanol–water partition coefficient (Wildman–Crippen LogP) is 5.05. The second-order valence-electron chi connectivity index (χ2n) is 5.11. The Kier molecular flexibility index (Phi) is 2.72. The summed E-state index contributed by atoms with van der Waals surface area (Å²) in [6.07, 6.45) is 1.85. The molecule has 0 amide bonds. The summed E-state index contributed by atoms with van der Waals surface area (Å²) in [4.78, 5) is 4.59. The lowest BCUT2D eigenvalue weighted by atomic mass is 10.1. The molecule has 0 unspecified atom stereocenters. The van der Waals surface area contributed by atoms with Gasteiger partial charge in [0.05, 0.1) is 16.2 Å². The molecule has 0 spiro atoms. The van der Waals surface area contributed by atoms with Crippen LogP contribution in [0.3, 0.4) is 0 Å². The third-order valence-electron chi connectivity index (χ3n) is 3.94. The van der Waals surface area contributed by atoms with Gasteiger partial charge in [0.1, 0.15) is 0 Å². The number of nitrogens with zero attached hydrogens (tertiary/aromatic N) is 2. The highest BCUT2D eigenvalue weighted by Gasteiger charge is 2.14. The summed E-state index contributed by atoms with van der Waals surface area (Å²) >= 11 is 6.36. The molecular weight excluding hydrogens is 280 g/mol. The summed E-state index contributed by atoms with van der Waals surface area (Å²) in [6, 6.07) is 18.3. The zero-order valence-electron chi connectivity index (χ0n) is 11.5. The Hall–Kier alpha value is -2.32. The fourth-order valence-corrected chi connectivity index (χ4v) is 3.20. The number of aryl methyl sites for hydroxylation is 1. The average molecular weight is 293 g/mol. The molecule has 4 aromatic rings. The zero-order valence-corrected chi connectivity index (χ0v) is 12.3. The first-order valence-electron chi connectivity index (χ1n) is 6.84. The van der Waals surface area contributed by atoms with Crippen molar-refractivity contribution in [1.82, 2.24) is 9.55 Å². The number of aromatic nitrogens is 2. The molecule has 0 aliphatic carbocycles. The van der Waals surface area contributed by atoms with Crippen LogP contribution in [0.15, 0.2) is 60.8 Å². The minimum atomic E-state index is 0.725. The molecule has 0 saturated carbocycles. The summed E-state index contributed by atoms with van der Waals surface area (Å²) in [5, 5.41) is 3.17. The third kappa shape index (κ3) is 1.76. The summed E-state index contributed by atoms with van der Waals surface area (Å²) < 4.78 is 2.19. The first-order valence-corrected chi connectivity index (χ1v) is 7.22. The molecule has 0 radical (unpaired) electrons. The van der Waals surface area contributed by atoms with Gasteiger partial charge in [0, 0.05) is 35.1 Å². The van der Waals surface area contributed by atoms with Gasteiger partial charge in [-0.1, -0.05) is 48.0 Å². The molecule has 0 aliphatic rings. The zero-order chi connectivity index (χ0) is 14.4. The van der Waals surface area contributed by atoms with E-state index in [9.17, 15) is 0 Å². The predicted molar refractivity (Wildman–Crippen MR) is 88.7 cm³/mol. The van der Waals surface area contributed by atoms with Gasteiger partial charge >= 0.3 is 0 Å². The van der Waals surface area contributed by atoms with Crippen LogP contribution in [0, 0.1) is 0 Å². The number of benzene rings is 2. The van der Waals surface area contributed by atoms with Crippen molar-refractivity contribution in [3.63, 3.8) is 0 Å². The molecular formula is C18H13ClN2. The number of hydrogen-bond acceptors (Lipinski definition) is 1. The molecule has 2 nitrogen and oxygen atoms in total. The van der Waals surface area contributed by atoms with Gasteiger partial charge in [0.25, 0.3) is 0 Å². The molecule has 0 aliphatic heterocycles. The monoisotopic (exact) mass is 292 g/mol. The quantitative estimate of drug-likeness (QED) is 0.480. The minimum Gasteiger partial charge on any atom is -0.342 e. The van der Waals surface area contributed by atoms with E-state index < -0.39 is 0 Å². The van der Waals surface area contributed by atoms with E-state index in [1.165, 1.54) is 16.3 Å². The van der Waals surface area contributed by atoms with Gasteiger partial charge in [-0.15, -0.1) is 0 Å². The van der Waals surface area contributed by atoms with E-state index in [-0.39, 0.29) is 0 Å². The minimum absolute atomic E-state index is 0.725. The van der Waals surface area contributed by atoms with E-state index in [0.29, 0.717) is 0 Å². The van der Waals surface area contributed by atoms with E-state index in [1.54, 1.807) is 0 Å². The number of fused-ring (bicyclic) bond motifs is 3. The largest absolute Gasteiger partial charge is 0.342 e. The molecule has 2 aromatic heterocycles. The molecule has 0 N–H and O–H groups in total. The van der Waals surface area contributed by atoms with Crippen molar-refractivity contribution in [3.8, 4) is 11.3 Å². The van der Waals surface area contributed by atoms with Crippen LogP contribution in [0.5, 0.6) is 0 Å². The second kappa shape index (κ2) is 4.61. The SMILES string of the molecule is Cn1c2ccccc2c2ccnc(-c3ccccc3Cl)c21. The number of pyridine rings is 1. The fourth-order valence-electron chi connectivity index (χ4n) is 2.98. The highest BCUT2D eigenvalue weighted by atomic mass is 35.5. The Morgan fingerprint density at radius 2 is 1.67 bits per heavy atom. The first-order chi connectivity index (χ1) is 10.3. The maximum atomic E-state index is 6.36. The summed E-state index contributed by atoms with van der Waals surface area (Å²) in [7, 11) is 2.08. The van der Waals surface area contributed by atoms with Crippen LogP contribution in [0.4, 0.5) is 0 Å². The van der Waals surface area contributed by atoms with Crippen molar-refractivity contribution in [2.24, 2.45) is 7.05 Å². The topological polar surface area (TPSA) is 17.8 Å². The van der Waals surface area contributed by atoms with Gasteiger partial charge in [0.15, 0.2) is 0 Å². The standard InChI is InChI=1S/C18H13ClN2/c1-21-16-9-5-3-6-12(16)13-10-11-20-17(18(13)21)14-7-2-4-8-15(14)19/h2-11H,1H3. The number of hydrogen-bond donors (Lipinski definition) is 0. The molecule has 102 valence electrons. The lowest BCUT2D eigenvalue weighted by molar-refractivity contribution is 1.01. The van der Waals surface area contributed by atoms with Crippen molar-refractivity contribution >= 4 is 33.4 Å². The Morgan fingerprint density at radius 3 is 2.52 bits per heavy atom. The van der Waals surface area contributed by atoms with Crippen molar-refractivity contribution in [1.29, 1.82) is 0 Å². The van der Waals surface area contributed by atoms with Crippen LogP contribution in [0.25, 0.3) is 33.1 Å². The van der Waals surface area contributed by atoms with Crippen molar-refractivity contribution in [2.45, 2.75) is 0 Å². The van der Waals surface area contributed by atoms with Crippen LogP contribution in [-0.2, 0) is 7.05 Å². The Bertz CT molecular complexity index is 969. The Labute approximate surface area is 127 Å². The third-order valence-corrected chi connectivity index (χ3v) is 4.27. The van der Waals surface area contributed by atoms with E-state index >= 15 is 0 Å². The molecule has 0 atom stereocenters. The summed E-state index contributed by atoms with van der Waals surface area (Å²) in [5.74, 6) is 0. The van der Waals surface area contributed by atoms with Crippen LogP contribution < -0.4 is 0 Å². The Balaban J connectivity index is 2.19. The fraction of sp³-hybridized carbons (Fsp3) is 0.0556. The van der Waals surface area contributed by atoms with Gasteiger partial charge in [-0.05, 0) is 18.2 Å². The molecule has 2 heterocycles. The van der Waals surface area contributed by atoms with E-state index in [2.05, 4.69) is 46.9 Å². The van der Waals surface area contributed by atoms with Gasteiger partial charge in [-0.3, -0.25) is 4.98 Å². The molecule has 0 bridgehead atoms. The number of rotatable bonds is 1. The van der Waals surface area contributed by atoms with Gasteiger partial charge < -0.3 is 4.57 Å². The lowest BCUT2D eigenvalue weighted by Crippen LogP contribution is -1.92. The van der Waals surface area contributed by atoms with Gasteiger partial charge in [-0.25, -0.2) is 0 Å². The second-order valence-corrected chi connectivity index (χ2v) is 5.52.